The van der Waals surface area contributed by atoms with Crippen molar-refractivity contribution in [3.05, 3.63) is 39.7 Å². The van der Waals surface area contributed by atoms with E-state index in [1.54, 1.807) is 45.0 Å². The zero-order valence-corrected chi connectivity index (χ0v) is 19.5. The average Bonchev–Trinajstić information content (AvgIpc) is 3.12. The third-order valence-corrected chi connectivity index (χ3v) is 6.21. The van der Waals surface area contributed by atoms with Crippen molar-refractivity contribution in [1.29, 1.82) is 0 Å². The highest BCUT2D eigenvalue weighted by Crippen LogP contribution is 2.39. The maximum atomic E-state index is 12.9. The molecule has 0 bridgehead atoms. The Morgan fingerprint density at radius 2 is 2.00 bits per heavy atom. The van der Waals surface area contributed by atoms with Crippen LogP contribution in [0.1, 0.15) is 49.4 Å². The lowest BCUT2D eigenvalue weighted by Crippen LogP contribution is -2.53. The molecular weight excluding hydrogens is 440 g/mol. The van der Waals surface area contributed by atoms with Crippen LogP contribution in [0.5, 0.6) is 5.75 Å². The Balaban J connectivity index is 1.76. The number of fused-ring (bicyclic) bond motifs is 1. The van der Waals surface area contributed by atoms with Gasteiger partial charge in [-0.25, -0.2) is 4.79 Å². The van der Waals surface area contributed by atoms with Gasteiger partial charge in [0.15, 0.2) is 5.60 Å². The van der Waals surface area contributed by atoms with Gasteiger partial charge in [-0.05, 0) is 51.5 Å². The van der Waals surface area contributed by atoms with Crippen LogP contribution in [0.2, 0.25) is 5.02 Å². The van der Waals surface area contributed by atoms with E-state index in [2.05, 4.69) is 5.32 Å². The summed E-state index contributed by atoms with van der Waals surface area (Å²) in [6.45, 7) is 7.47. The molecule has 2 heterocycles. The van der Waals surface area contributed by atoms with Gasteiger partial charge < -0.3 is 19.7 Å². The molecule has 1 aromatic heterocycles. The molecule has 0 spiro atoms. The Morgan fingerprint density at radius 1 is 1.26 bits per heavy atom. The highest BCUT2D eigenvalue weighted by atomic mass is 35.5. The van der Waals surface area contributed by atoms with Crippen molar-refractivity contribution in [1.82, 2.24) is 0 Å². The van der Waals surface area contributed by atoms with Crippen LogP contribution in [-0.2, 0) is 20.7 Å². The van der Waals surface area contributed by atoms with Gasteiger partial charge in [-0.15, -0.1) is 11.3 Å². The first-order valence-electron chi connectivity index (χ1n) is 10.1. The number of carbonyl (C=O) groups excluding carboxylic acids is 3. The second kappa shape index (κ2) is 9.28. The first-order valence-corrected chi connectivity index (χ1v) is 11.3. The smallest absolute Gasteiger partial charge is 0.341 e. The third-order valence-electron chi connectivity index (χ3n) is 4.78. The van der Waals surface area contributed by atoms with E-state index in [1.807, 2.05) is 6.92 Å². The maximum Gasteiger partial charge on any atom is 0.341 e. The van der Waals surface area contributed by atoms with Gasteiger partial charge in [-0.3, -0.25) is 9.59 Å². The number of nitrogens with one attached hydrogen (secondary N) is 1. The van der Waals surface area contributed by atoms with Crippen LogP contribution in [0.25, 0.3) is 0 Å². The summed E-state index contributed by atoms with van der Waals surface area (Å²) in [5.41, 5.74) is -0.183. The van der Waals surface area contributed by atoms with Crippen LogP contribution in [0.3, 0.4) is 0 Å². The monoisotopic (exact) mass is 464 g/mol. The van der Waals surface area contributed by atoms with Crippen LogP contribution in [0.4, 0.5) is 10.7 Å². The summed E-state index contributed by atoms with van der Waals surface area (Å²) < 4.78 is 10.9. The molecule has 1 aromatic carbocycles. The molecule has 1 aliphatic heterocycles. The van der Waals surface area contributed by atoms with E-state index in [0.717, 1.165) is 11.3 Å². The van der Waals surface area contributed by atoms with E-state index in [0.29, 0.717) is 27.0 Å². The molecule has 0 atom stereocenters. The fraction of sp³-hybridized carbons (Fsp3) is 0.409. The van der Waals surface area contributed by atoms with Crippen LogP contribution >= 0.6 is 22.9 Å². The fourth-order valence-electron chi connectivity index (χ4n) is 3.23. The zero-order chi connectivity index (χ0) is 22.8. The molecule has 2 amide bonds. The lowest BCUT2D eigenvalue weighted by atomic mass is 10.0. The molecule has 0 saturated heterocycles. The summed E-state index contributed by atoms with van der Waals surface area (Å²) in [4.78, 5) is 40.3. The minimum Gasteiger partial charge on any atom is -0.476 e. The lowest BCUT2D eigenvalue weighted by molar-refractivity contribution is -0.132. The first kappa shape index (κ1) is 23.1. The Kier molecular flexibility index (Phi) is 6.91. The summed E-state index contributed by atoms with van der Waals surface area (Å²) in [5.74, 6) is -0.505. The number of anilines is 2. The third kappa shape index (κ3) is 5.02. The molecule has 31 heavy (non-hydrogen) atoms. The molecule has 1 aliphatic rings. The van der Waals surface area contributed by atoms with Gasteiger partial charge >= 0.3 is 5.97 Å². The summed E-state index contributed by atoms with van der Waals surface area (Å²) in [5, 5.41) is 3.72. The van der Waals surface area contributed by atoms with Crippen molar-refractivity contribution in [2.45, 2.75) is 46.1 Å². The number of carbonyl (C=O) groups is 3. The van der Waals surface area contributed by atoms with Gasteiger partial charge in [0.1, 0.15) is 10.8 Å². The molecule has 9 heteroatoms. The molecule has 1 N–H and O–H groups in total. The number of esters is 1. The molecule has 3 rings (SSSR count). The number of hydrogen-bond donors (Lipinski definition) is 1. The Bertz CT molecular complexity index is 1020. The molecule has 0 radical (unpaired) electrons. The molecule has 0 aliphatic carbocycles. The number of benzene rings is 1. The van der Waals surface area contributed by atoms with E-state index in [9.17, 15) is 14.4 Å². The molecule has 0 fully saturated rings. The van der Waals surface area contributed by atoms with Crippen LogP contribution in [-0.4, -0.2) is 36.5 Å². The van der Waals surface area contributed by atoms with Crippen molar-refractivity contribution in [3.63, 3.8) is 0 Å². The Labute approximate surface area is 190 Å². The molecule has 0 unspecified atom stereocenters. The standard InChI is InChI=1S/C22H25ClN2O5S/c1-5-14-12-15(20(27)29-6-2)19(31-14)24-18(26)9-10-25-16-11-13(23)7-8-17(16)30-22(3,4)21(25)28/h7-8,11-12H,5-6,9-10H2,1-4H3,(H,24,26). The van der Waals surface area contributed by atoms with Gasteiger partial charge in [0.2, 0.25) is 5.91 Å². The van der Waals surface area contributed by atoms with Gasteiger partial charge in [-0.2, -0.15) is 0 Å². The summed E-state index contributed by atoms with van der Waals surface area (Å²) in [7, 11) is 0. The minimum atomic E-state index is -1.06. The fourth-order valence-corrected chi connectivity index (χ4v) is 4.40. The number of rotatable bonds is 7. The second-order valence-electron chi connectivity index (χ2n) is 7.51. The SMILES string of the molecule is CCOC(=O)c1cc(CC)sc1NC(=O)CCN1C(=O)C(C)(C)Oc2ccc(Cl)cc21. The van der Waals surface area contributed by atoms with E-state index in [4.69, 9.17) is 21.1 Å². The summed E-state index contributed by atoms with van der Waals surface area (Å²) in [6.07, 6.45) is 0.775. The maximum absolute atomic E-state index is 12.9. The van der Waals surface area contributed by atoms with Crippen molar-refractivity contribution in [3.8, 4) is 5.75 Å². The summed E-state index contributed by atoms with van der Waals surface area (Å²) >= 11 is 7.45. The Morgan fingerprint density at radius 3 is 2.68 bits per heavy atom. The highest BCUT2D eigenvalue weighted by Gasteiger charge is 2.41. The molecule has 7 nitrogen and oxygen atoms in total. The van der Waals surface area contributed by atoms with Crippen molar-refractivity contribution < 1.29 is 23.9 Å². The van der Waals surface area contributed by atoms with E-state index in [1.165, 1.54) is 16.2 Å². The van der Waals surface area contributed by atoms with Gasteiger partial charge in [0.05, 0.1) is 17.9 Å². The number of nitrogens with zero attached hydrogens (tertiary/aromatic N) is 1. The van der Waals surface area contributed by atoms with Crippen LogP contribution < -0.4 is 15.0 Å². The highest BCUT2D eigenvalue weighted by molar-refractivity contribution is 7.16. The first-order chi connectivity index (χ1) is 14.7. The topological polar surface area (TPSA) is 84.9 Å². The predicted octanol–water partition coefficient (Wildman–Crippen LogP) is 4.67. The molecule has 166 valence electrons. The average molecular weight is 465 g/mol. The zero-order valence-electron chi connectivity index (χ0n) is 17.9. The van der Waals surface area contributed by atoms with E-state index in [-0.39, 0.29) is 31.4 Å². The van der Waals surface area contributed by atoms with Crippen molar-refractivity contribution >= 4 is 51.4 Å². The number of ether oxygens (including phenoxy) is 2. The molecule has 0 saturated carbocycles. The number of thiophene rings is 1. The van der Waals surface area contributed by atoms with E-state index < -0.39 is 11.6 Å². The van der Waals surface area contributed by atoms with E-state index >= 15 is 0 Å². The second-order valence-corrected chi connectivity index (χ2v) is 9.08. The molecule has 2 aromatic rings. The Hall–Kier alpha value is -2.58. The van der Waals surface area contributed by atoms with Crippen molar-refractivity contribution in [2.75, 3.05) is 23.4 Å². The van der Waals surface area contributed by atoms with Crippen LogP contribution in [0, 0.1) is 0 Å². The molecular formula is C22H25ClN2O5S. The number of halogens is 1. The number of amides is 2. The predicted molar refractivity (Wildman–Crippen MR) is 121 cm³/mol. The largest absolute Gasteiger partial charge is 0.476 e. The quantitative estimate of drug-likeness (QED) is 0.601. The van der Waals surface area contributed by atoms with Gasteiger partial charge in [0, 0.05) is 22.9 Å². The minimum absolute atomic E-state index is 0.0371. The number of hydrogen-bond acceptors (Lipinski definition) is 6. The normalized spacial score (nSPS) is 14.6. The van der Waals surface area contributed by atoms with Gasteiger partial charge in [-0.1, -0.05) is 18.5 Å². The number of aryl methyl sites for hydroxylation is 1. The summed E-state index contributed by atoms with van der Waals surface area (Å²) in [6, 6.07) is 6.79. The van der Waals surface area contributed by atoms with Gasteiger partial charge in [0.25, 0.3) is 5.91 Å². The lowest BCUT2D eigenvalue weighted by Gasteiger charge is -2.38. The van der Waals surface area contributed by atoms with Crippen molar-refractivity contribution in [2.24, 2.45) is 0 Å². The van der Waals surface area contributed by atoms with Crippen LogP contribution in [0.15, 0.2) is 24.3 Å².